The summed E-state index contributed by atoms with van der Waals surface area (Å²) in [5.41, 5.74) is 0.120. The van der Waals surface area contributed by atoms with E-state index in [9.17, 15) is 10.4 Å². The molecule has 0 aliphatic heterocycles. The van der Waals surface area contributed by atoms with E-state index in [0.29, 0.717) is 12.0 Å². The van der Waals surface area contributed by atoms with E-state index in [-0.39, 0.29) is 0 Å². The average Bonchev–Trinajstić information content (AvgIpc) is 2.41. The van der Waals surface area contributed by atoms with Gasteiger partial charge in [-0.1, -0.05) is 60.7 Å². The zero-order valence-corrected chi connectivity index (χ0v) is 9.38. The highest BCUT2D eigenvalue weighted by atomic mass is 16.3. The quantitative estimate of drug-likeness (QED) is 0.813. The molecule has 0 amide bonds. The number of rotatable bonds is 3. The van der Waals surface area contributed by atoms with E-state index >= 15 is 0 Å². The lowest BCUT2D eigenvalue weighted by atomic mass is 9.89. The average molecular weight is 223 g/mol. The lowest BCUT2D eigenvalue weighted by Crippen LogP contribution is -2.26. The third-order valence-corrected chi connectivity index (χ3v) is 2.74. The van der Waals surface area contributed by atoms with E-state index < -0.39 is 5.60 Å². The van der Waals surface area contributed by atoms with Crippen LogP contribution in [-0.2, 0) is 12.0 Å². The first-order valence-electron chi connectivity index (χ1n) is 5.48. The van der Waals surface area contributed by atoms with Crippen LogP contribution in [0.1, 0.15) is 11.1 Å². The van der Waals surface area contributed by atoms with Crippen molar-refractivity contribution >= 4 is 0 Å². The minimum atomic E-state index is -1.46. The molecule has 2 aromatic rings. The van der Waals surface area contributed by atoms with Gasteiger partial charge in [-0.15, -0.1) is 0 Å². The van der Waals surface area contributed by atoms with Crippen LogP contribution in [0.25, 0.3) is 0 Å². The number of benzene rings is 2. The summed E-state index contributed by atoms with van der Waals surface area (Å²) >= 11 is 0. The van der Waals surface area contributed by atoms with Gasteiger partial charge in [0.2, 0.25) is 0 Å². The minimum Gasteiger partial charge on any atom is -0.371 e. The van der Waals surface area contributed by atoms with E-state index in [1.54, 1.807) is 12.1 Å². The van der Waals surface area contributed by atoms with E-state index in [2.05, 4.69) is 0 Å². The molecule has 2 aromatic carbocycles. The summed E-state index contributed by atoms with van der Waals surface area (Å²) < 4.78 is 0. The molecule has 0 aromatic heterocycles. The lowest BCUT2D eigenvalue weighted by molar-refractivity contribution is 0.0982. The molecule has 1 N–H and O–H groups in total. The van der Waals surface area contributed by atoms with E-state index in [4.69, 9.17) is 0 Å². The van der Waals surface area contributed by atoms with E-state index in [0.717, 1.165) is 5.56 Å². The molecule has 84 valence electrons. The van der Waals surface area contributed by atoms with Gasteiger partial charge in [-0.05, 0) is 11.1 Å². The van der Waals surface area contributed by atoms with Gasteiger partial charge in [0.25, 0.3) is 0 Å². The summed E-state index contributed by atoms with van der Waals surface area (Å²) in [6.45, 7) is 0. The molecule has 0 heterocycles. The molecule has 0 fully saturated rings. The third kappa shape index (κ3) is 2.52. The Bertz CT molecular complexity index is 516. The monoisotopic (exact) mass is 223 g/mol. The lowest BCUT2D eigenvalue weighted by Gasteiger charge is -2.20. The van der Waals surface area contributed by atoms with Gasteiger partial charge in [0.15, 0.2) is 5.60 Å². The maximum atomic E-state index is 10.4. The maximum absolute atomic E-state index is 10.4. The predicted octanol–water partition coefficient (Wildman–Crippen LogP) is 2.64. The zero-order valence-electron chi connectivity index (χ0n) is 9.38. The second-order valence-corrected chi connectivity index (χ2v) is 4.00. The summed E-state index contributed by atoms with van der Waals surface area (Å²) in [6.07, 6.45) is 0.300. The molecule has 0 aliphatic carbocycles. The van der Waals surface area contributed by atoms with Gasteiger partial charge < -0.3 is 5.11 Å². The van der Waals surface area contributed by atoms with Crippen molar-refractivity contribution < 1.29 is 5.11 Å². The number of hydrogen-bond donors (Lipinski definition) is 1. The second kappa shape index (κ2) is 4.82. The van der Waals surface area contributed by atoms with Gasteiger partial charge in [0.1, 0.15) is 6.07 Å². The summed E-state index contributed by atoms with van der Waals surface area (Å²) in [5.74, 6) is 0. The standard InChI is InChI=1S/C15H13NO/c16-12-15(17,14-9-5-2-6-10-14)11-13-7-3-1-4-8-13/h1-10,17H,11H2/t15-/m0/s1. The van der Waals surface area contributed by atoms with Gasteiger partial charge in [-0.25, -0.2) is 0 Å². The molecule has 0 aliphatic rings. The number of aliphatic hydroxyl groups is 1. The molecule has 0 saturated carbocycles. The molecule has 0 unspecified atom stereocenters. The zero-order chi connectivity index (χ0) is 12.1. The molecular weight excluding hydrogens is 210 g/mol. The molecule has 2 nitrogen and oxygen atoms in total. The first-order chi connectivity index (χ1) is 8.24. The SMILES string of the molecule is N#C[C@@](O)(Cc1ccccc1)c1ccccc1. The Labute approximate surface area is 101 Å². The van der Waals surface area contributed by atoms with Crippen LogP contribution in [0.15, 0.2) is 60.7 Å². The van der Waals surface area contributed by atoms with Crippen molar-refractivity contribution in [3.8, 4) is 6.07 Å². The summed E-state index contributed by atoms with van der Waals surface area (Å²) in [6, 6.07) is 20.6. The normalized spacial score (nSPS) is 13.6. The third-order valence-electron chi connectivity index (χ3n) is 2.74. The molecule has 2 rings (SSSR count). The van der Waals surface area contributed by atoms with Crippen LogP contribution in [-0.4, -0.2) is 5.11 Å². The smallest absolute Gasteiger partial charge is 0.180 e. The molecule has 1 atom stereocenters. The Kier molecular flexibility index (Phi) is 3.22. The van der Waals surface area contributed by atoms with Gasteiger partial charge >= 0.3 is 0 Å². The fraction of sp³-hybridized carbons (Fsp3) is 0.133. The topological polar surface area (TPSA) is 44.0 Å². The Balaban J connectivity index is 2.31. The van der Waals surface area contributed by atoms with Crippen molar-refractivity contribution in [1.82, 2.24) is 0 Å². The predicted molar refractivity (Wildman–Crippen MR) is 66.1 cm³/mol. The first-order valence-corrected chi connectivity index (χ1v) is 5.48. The fourth-order valence-corrected chi connectivity index (χ4v) is 1.81. The van der Waals surface area contributed by atoms with Crippen molar-refractivity contribution in [3.05, 3.63) is 71.8 Å². The van der Waals surface area contributed by atoms with E-state index in [1.165, 1.54) is 0 Å². The summed E-state index contributed by atoms with van der Waals surface area (Å²) in [7, 11) is 0. The Morgan fingerprint density at radius 3 is 2.00 bits per heavy atom. The van der Waals surface area contributed by atoms with E-state index in [1.807, 2.05) is 54.6 Å². The van der Waals surface area contributed by atoms with Crippen molar-refractivity contribution in [1.29, 1.82) is 5.26 Å². The van der Waals surface area contributed by atoms with Gasteiger partial charge in [-0.3, -0.25) is 0 Å². The largest absolute Gasteiger partial charge is 0.371 e. The number of hydrogen-bond acceptors (Lipinski definition) is 2. The minimum absolute atomic E-state index is 0.300. The van der Waals surface area contributed by atoms with Crippen LogP contribution in [0.5, 0.6) is 0 Å². The molecule has 0 bridgehead atoms. The summed E-state index contributed by atoms with van der Waals surface area (Å²) in [5, 5.41) is 19.6. The van der Waals surface area contributed by atoms with Gasteiger partial charge in [0.05, 0.1) is 0 Å². The van der Waals surface area contributed by atoms with Gasteiger partial charge in [0, 0.05) is 6.42 Å². The Hall–Kier alpha value is -2.11. The molecule has 2 heteroatoms. The Morgan fingerprint density at radius 1 is 0.941 bits per heavy atom. The first kappa shape index (κ1) is 11.4. The molecular formula is C15H13NO. The molecule has 0 spiro atoms. The van der Waals surface area contributed by atoms with Crippen molar-refractivity contribution in [2.45, 2.75) is 12.0 Å². The Morgan fingerprint density at radius 2 is 1.47 bits per heavy atom. The molecule has 17 heavy (non-hydrogen) atoms. The second-order valence-electron chi connectivity index (χ2n) is 4.00. The highest BCUT2D eigenvalue weighted by Gasteiger charge is 2.29. The highest BCUT2D eigenvalue weighted by molar-refractivity contribution is 5.32. The van der Waals surface area contributed by atoms with Crippen LogP contribution < -0.4 is 0 Å². The van der Waals surface area contributed by atoms with Crippen LogP contribution in [0, 0.1) is 11.3 Å². The molecule has 0 radical (unpaired) electrons. The van der Waals surface area contributed by atoms with Crippen LogP contribution in [0.4, 0.5) is 0 Å². The molecule has 0 saturated heterocycles. The van der Waals surface area contributed by atoms with Crippen molar-refractivity contribution in [2.24, 2.45) is 0 Å². The maximum Gasteiger partial charge on any atom is 0.180 e. The van der Waals surface area contributed by atoms with Crippen LogP contribution in [0.2, 0.25) is 0 Å². The van der Waals surface area contributed by atoms with Crippen molar-refractivity contribution in [3.63, 3.8) is 0 Å². The highest BCUT2D eigenvalue weighted by Crippen LogP contribution is 2.24. The summed E-state index contributed by atoms with van der Waals surface area (Å²) in [4.78, 5) is 0. The van der Waals surface area contributed by atoms with Crippen LogP contribution >= 0.6 is 0 Å². The van der Waals surface area contributed by atoms with Crippen LogP contribution in [0.3, 0.4) is 0 Å². The number of nitrogens with zero attached hydrogens (tertiary/aromatic N) is 1. The fourth-order valence-electron chi connectivity index (χ4n) is 1.81. The number of nitriles is 1. The van der Waals surface area contributed by atoms with Gasteiger partial charge in [-0.2, -0.15) is 5.26 Å². The van der Waals surface area contributed by atoms with Crippen molar-refractivity contribution in [2.75, 3.05) is 0 Å².